The molecule has 0 saturated carbocycles. The Bertz CT molecular complexity index is 931. The summed E-state index contributed by atoms with van der Waals surface area (Å²) in [6.07, 6.45) is 1.99. The van der Waals surface area contributed by atoms with Gasteiger partial charge in [-0.1, -0.05) is 17.3 Å². The molecule has 8 heteroatoms. The first-order chi connectivity index (χ1) is 12.1. The first kappa shape index (κ1) is 16.8. The summed E-state index contributed by atoms with van der Waals surface area (Å²) in [7, 11) is 0. The molecule has 0 aliphatic heterocycles. The first-order valence-corrected chi connectivity index (χ1v) is 8.15. The SMILES string of the molecule is Cc1noc(CCCNC(=O)CCc2nc3ccccc3c(=O)[nH]2)n1. The first-order valence-electron chi connectivity index (χ1n) is 8.15. The van der Waals surface area contributed by atoms with Gasteiger partial charge in [-0.25, -0.2) is 4.98 Å². The highest BCUT2D eigenvalue weighted by Gasteiger charge is 2.07. The smallest absolute Gasteiger partial charge is 0.258 e. The highest BCUT2D eigenvalue weighted by Crippen LogP contribution is 2.06. The summed E-state index contributed by atoms with van der Waals surface area (Å²) in [6.45, 7) is 2.29. The third-order valence-corrected chi connectivity index (χ3v) is 3.71. The molecule has 130 valence electrons. The zero-order chi connectivity index (χ0) is 17.6. The number of nitrogens with one attached hydrogen (secondary N) is 2. The van der Waals surface area contributed by atoms with E-state index in [1.807, 2.05) is 6.07 Å². The normalized spacial score (nSPS) is 10.9. The van der Waals surface area contributed by atoms with Crippen LogP contribution in [0.15, 0.2) is 33.6 Å². The van der Waals surface area contributed by atoms with Crippen molar-refractivity contribution in [3.05, 3.63) is 52.2 Å². The van der Waals surface area contributed by atoms with Crippen LogP contribution in [0.25, 0.3) is 10.9 Å². The van der Waals surface area contributed by atoms with Crippen molar-refractivity contribution in [2.75, 3.05) is 6.54 Å². The van der Waals surface area contributed by atoms with Gasteiger partial charge in [-0.05, 0) is 25.5 Å². The molecule has 2 N–H and O–H groups in total. The van der Waals surface area contributed by atoms with Gasteiger partial charge in [-0.15, -0.1) is 0 Å². The maximum atomic E-state index is 12.0. The summed E-state index contributed by atoms with van der Waals surface area (Å²) in [4.78, 5) is 35.1. The largest absolute Gasteiger partial charge is 0.356 e. The third-order valence-electron chi connectivity index (χ3n) is 3.71. The van der Waals surface area contributed by atoms with Crippen molar-refractivity contribution in [3.8, 4) is 0 Å². The number of aromatic amines is 1. The lowest BCUT2D eigenvalue weighted by molar-refractivity contribution is -0.121. The van der Waals surface area contributed by atoms with E-state index < -0.39 is 0 Å². The summed E-state index contributed by atoms with van der Waals surface area (Å²) in [5, 5.41) is 7.09. The van der Waals surface area contributed by atoms with Gasteiger partial charge >= 0.3 is 0 Å². The van der Waals surface area contributed by atoms with E-state index >= 15 is 0 Å². The van der Waals surface area contributed by atoms with Crippen molar-refractivity contribution < 1.29 is 9.32 Å². The van der Waals surface area contributed by atoms with E-state index in [9.17, 15) is 9.59 Å². The Morgan fingerprint density at radius 1 is 1.24 bits per heavy atom. The molecule has 0 saturated heterocycles. The Labute approximate surface area is 143 Å². The second-order valence-corrected chi connectivity index (χ2v) is 5.72. The molecular formula is C17H19N5O3. The summed E-state index contributed by atoms with van der Waals surface area (Å²) in [5.41, 5.74) is 0.451. The molecule has 0 atom stereocenters. The number of hydrogen-bond donors (Lipinski definition) is 2. The molecule has 25 heavy (non-hydrogen) atoms. The van der Waals surface area contributed by atoms with Crippen molar-refractivity contribution in [2.45, 2.75) is 32.6 Å². The monoisotopic (exact) mass is 341 g/mol. The van der Waals surface area contributed by atoms with Crippen LogP contribution in [0.1, 0.15) is 30.4 Å². The number of H-pyrrole nitrogens is 1. The van der Waals surface area contributed by atoms with Gasteiger partial charge in [-0.3, -0.25) is 9.59 Å². The Hall–Kier alpha value is -3.03. The Morgan fingerprint density at radius 3 is 2.88 bits per heavy atom. The minimum Gasteiger partial charge on any atom is -0.356 e. The average molecular weight is 341 g/mol. The lowest BCUT2D eigenvalue weighted by atomic mass is 10.2. The van der Waals surface area contributed by atoms with Crippen LogP contribution < -0.4 is 10.9 Å². The number of carbonyl (C=O) groups excluding carboxylic acids is 1. The molecule has 3 rings (SSSR count). The third kappa shape index (κ3) is 4.50. The second-order valence-electron chi connectivity index (χ2n) is 5.72. The molecule has 0 unspecified atom stereocenters. The van der Waals surface area contributed by atoms with Crippen LogP contribution in [0.4, 0.5) is 0 Å². The quantitative estimate of drug-likeness (QED) is 0.626. The number of para-hydroxylation sites is 1. The van der Waals surface area contributed by atoms with Gasteiger partial charge in [0, 0.05) is 25.8 Å². The molecule has 0 bridgehead atoms. The lowest BCUT2D eigenvalue weighted by Crippen LogP contribution is -2.25. The van der Waals surface area contributed by atoms with Gasteiger partial charge in [0.2, 0.25) is 11.8 Å². The standard InChI is InChI=1S/C17H19N5O3/c1-11-19-16(25-22-11)7-4-10-18-15(23)9-8-14-20-13-6-3-2-5-12(13)17(24)21-14/h2-3,5-6H,4,7-10H2,1H3,(H,18,23)(H,20,21,24). The number of hydrogen-bond acceptors (Lipinski definition) is 6. The van der Waals surface area contributed by atoms with Crippen LogP contribution in [-0.4, -0.2) is 32.6 Å². The maximum absolute atomic E-state index is 12.0. The topological polar surface area (TPSA) is 114 Å². The fourth-order valence-corrected chi connectivity index (χ4v) is 2.48. The van der Waals surface area contributed by atoms with Gasteiger partial charge in [0.15, 0.2) is 5.82 Å². The molecule has 2 heterocycles. The molecule has 1 amide bonds. The predicted molar refractivity (Wildman–Crippen MR) is 91.1 cm³/mol. The molecule has 0 fully saturated rings. The summed E-state index contributed by atoms with van der Waals surface area (Å²) >= 11 is 0. The van der Waals surface area contributed by atoms with E-state index in [1.54, 1.807) is 25.1 Å². The summed E-state index contributed by atoms with van der Waals surface area (Å²) < 4.78 is 5.01. The van der Waals surface area contributed by atoms with Crippen molar-refractivity contribution in [3.63, 3.8) is 0 Å². The minimum absolute atomic E-state index is 0.0856. The molecule has 0 aliphatic carbocycles. The maximum Gasteiger partial charge on any atom is 0.258 e. The van der Waals surface area contributed by atoms with Gasteiger partial charge in [0.1, 0.15) is 5.82 Å². The fourth-order valence-electron chi connectivity index (χ4n) is 2.48. The molecule has 0 spiro atoms. The fraction of sp³-hybridized carbons (Fsp3) is 0.353. The number of nitrogens with zero attached hydrogens (tertiary/aromatic N) is 3. The van der Waals surface area contributed by atoms with E-state index in [4.69, 9.17) is 4.52 Å². The number of carbonyl (C=O) groups is 1. The summed E-state index contributed by atoms with van der Waals surface area (Å²) in [5.74, 6) is 1.61. The number of aromatic nitrogens is 4. The van der Waals surface area contributed by atoms with Gasteiger partial charge in [0.25, 0.3) is 5.56 Å². The van der Waals surface area contributed by atoms with Crippen LogP contribution in [0.5, 0.6) is 0 Å². The molecule has 1 aromatic carbocycles. The van der Waals surface area contributed by atoms with Crippen LogP contribution in [0, 0.1) is 6.92 Å². The Kier molecular flexibility index (Phi) is 5.17. The highest BCUT2D eigenvalue weighted by molar-refractivity contribution is 5.78. The highest BCUT2D eigenvalue weighted by atomic mass is 16.5. The lowest BCUT2D eigenvalue weighted by Gasteiger charge is -2.05. The van der Waals surface area contributed by atoms with Crippen molar-refractivity contribution >= 4 is 16.8 Å². The van der Waals surface area contributed by atoms with E-state index in [0.29, 0.717) is 47.8 Å². The van der Waals surface area contributed by atoms with Crippen LogP contribution in [-0.2, 0) is 17.6 Å². The molecule has 3 aromatic rings. The number of fused-ring (bicyclic) bond motifs is 1. The van der Waals surface area contributed by atoms with Crippen molar-refractivity contribution in [1.82, 2.24) is 25.4 Å². The van der Waals surface area contributed by atoms with Crippen LogP contribution >= 0.6 is 0 Å². The number of amides is 1. The van der Waals surface area contributed by atoms with Crippen LogP contribution in [0.2, 0.25) is 0 Å². The van der Waals surface area contributed by atoms with E-state index in [1.165, 1.54) is 0 Å². The predicted octanol–water partition coefficient (Wildman–Crippen LogP) is 1.30. The van der Waals surface area contributed by atoms with Crippen LogP contribution in [0.3, 0.4) is 0 Å². The molecular weight excluding hydrogens is 322 g/mol. The van der Waals surface area contributed by atoms with E-state index in [-0.39, 0.29) is 17.9 Å². The zero-order valence-corrected chi connectivity index (χ0v) is 13.9. The number of benzene rings is 1. The molecule has 0 aliphatic rings. The van der Waals surface area contributed by atoms with E-state index in [0.717, 1.165) is 6.42 Å². The van der Waals surface area contributed by atoms with E-state index in [2.05, 4.69) is 25.4 Å². The molecule has 0 radical (unpaired) electrons. The summed E-state index contributed by atoms with van der Waals surface area (Å²) in [6, 6.07) is 7.13. The molecule has 8 nitrogen and oxygen atoms in total. The molecule has 2 aromatic heterocycles. The van der Waals surface area contributed by atoms with Gasteiger partial charge in [0.05, 0.1) is 10.9 Å². The average Bonchev–Trinajstić information content (AvgIpc) is 3.02. The number of aryl methyl sites for hydroxylation is 3. The number of rotatable bonds is 7. The second kappa shape index (κ2) is 7.69. The van der Waals surface area contributed by atoms with Gasteiger partial charge < -0.3 is 14.8 Å². The van der Waals surface area contributed by atoms with Gasteiger partial charge in [-0.2, -0.15) is 4.98 Å². The Balaban J connectivity index is 1.45. The van der Waals surface area contributed by atoms with Crippen molar-refractivity contribution in [2.24, 2.45) is 0 Å². The zero-order valence-electron chi connectivity index (χ0n) is 13.9. The Morgan fingerprint density at radius 2 is 2.08 bits per heavy atom. The van der Waals surface area contributed by atoms with Crippen molar-refractivity contribution in [1.29, 1.82) is 0 Å². The minimum atomic E-state index is -0.184.